The third kappa shape index (κ3) is 5.08. The number of hydrogen-bond donors (Lipinski definition) is 1. The van der Waals surface area contributed by atoms with Crippen LogP contribution < -0.4 is 15.9 Å². The second-order valence-electron chi connectivity index (χ2n) is 8.18. The van der Waals surface area contributed by atoms with Gasteiger partial charge in [0.2, 0.25) is 4.80 Å². The van der Waals surface area contributed by atoms with E-state index >= 15 is 0 Å². The van der Waals surface area contributed by atoms with E-state index in [2.05, 4.69) is 15.6 Å². The van der Waals surface area contributed by atoms with Crippen molar-refractivity contribution in [3.63, 3.8) is 0 Å². The highest BCUT2D eigenvalue weighted by atomic mass is 32.1. The number of thiazole rings is 1. The van der Waals surface area contributed by atoms with Gasteiger partial charge in [0.25, 0.3) is 11.6 Å². The lowest BCUT2D eigenvalue weighted by molar-refractivity contribution is -0.384. The number of aromatic nitrogens is 4. The molecule has 0 saturated heterocycles. The third-order valence-corrected chi connectivity index (χ3v) is 6.49. The van der Waals surface area contributed by atoms with Crippen molar-refractivity contribution in [3.05, 3.63) is 115 Å². The quantitative estimate of drug-likeness (QED) is 0.241. The normalized spacial score (nSPS) is 11.6. The Hall–Kier alpha value is -5.04. The fraction of sp³-hybridized carbons (Fsp3) is 0.120. The van der Waals surface area contributed by atoms with Crippen molar-refractivity contribution in [2.45, 2.75) is 20.0 Å². The Kier molecular flexibility index (Phi) is 6.82. The molecule has 3 aromatic heterocycles. The van der Waals surface area contributed by atoms with Crippen LogP contribution in [0.2, 0.25) is 0 Å². The molecule has 2 aromatic carbocycles. The average Bonchev–Trinajstić information content (AvgIpc) is 3.65. The Balaban J connectivity index is 1.41. The number of nitro groups is 1. The lowest BCUT2D eigenvalue weighted by Gasteiger charge is -2.09. The molecule has 38 heavy (non-hydrogen) atoms. The molecule has 0 aliphatic carbocycles. The number of benzene rings is 2. The van der Waals surface area contributed by atoms with Crippen LogP contribution in [-0.2, 0) is 17.9 Å². The Morgan fingerprint density at radius 1 is 1.13 bits per heavy atom. The first-order valence-corrected chi connectivity index (χ1v) is 12.3. The molecular formula is C25H21N7O5S. The lowest BCUT2D eigenvalue weighted by atomic mass is 10.1. The number of aryl methyl sites for hydroxylation is 1. The number of rotatable bonds is 8. The molecular weight excluding hydrogens is 510 g/mol. The number of non-ortho nitro benzene ring substituents is 1. The standard InChI is InChI=1S/C25H21N7O5S/c1-17-28-30(25(34)29(17)14-21-8-5-13-37-21)15-23(33)26-27-24-31(19-6-3-2-4-7-19)22(16-38-24)18-9-11-20(12-10-18)32(35)36/h2-13,16H,14-15H2,1H3,(H,26,33). The minimum atomic E-state index is -0.528. The van der Waals surface area contributed by atoms with Gasteiger partial charge in [0.05, 0.1) is 23.4 Å². The molecule has 0 aliphatic rings. The minimum absolute atomic E-state index is 0.00973. The Morgan fingerprint density at radius 3 is 2.58 bits per heavy atom. The smallest absolute Gasteiger partial charge is 0.346 e. The molecule has 0 radical (unpaired) electrons. The van der Waals surface area contributed by atoms with Gasteiger partial charge in [-0.2, -0.15) is 5.10 Å². The van der Waals surface area contributed by atoms with Gasteiger partial charge < -0.3 is 4.42 Å². The van der Waals surface area contributed by atoms with Gasteiger partial charge in [0.15, 0.2) is 0 Å². The maximum absolute atomic E-state index is 12.8. The zero-order chi connectivity index (χ0) is 26.6. The fourth-order valence-electron chi connectivity index (χ4n) is 3.85. The summed E-state index contributed by atoms with van der Waals surface area (Å²) in [6.45, 7) is 1.57. The van der Waals surface area contributed by atoms with Crippen LogP contribution in [-0.4, -0.2) is 29.7 Å². The minimum Gasteiger partial charge on any atom is -0.467 e. The summed E-state index contributed by atoms with van der Waals surface area (Å²) in [5.74, 6) is 0.518. The number of nitrogens with zero attached hydrogens (tertiary/aromatic N) is 6. The largest absolute Gasteiger partial charge is 0.467 e. The van der Waals surface area contributed by atoms with Crippen LogP contribution in [0.4, 0.5) is 5.69 Å². The van der Waals surface area contributed by atoms with E-state index < -0.39 is 16.5 Å². The number of para-hydroxylation sites is 1. The first-order valence-electron chi connectivity index (χ1n) is 11.4. The topological polar surface area (TPSA) is 142 Å². The van der Waals surface area contributed by atoms with Gasteiger partial charge in [-0.05, 0) is 48.9 Å². The van der Waals surface area contributed by atoms with E-state index in [-0.39, 0.29) is 18.8 Å². The fourth-order valence-corrected chi connectivity index (χ4v) is 4.71. The van der Waals surface area contributed by atoms with Gasteiger partial charge in [-0.1, -0.05) is 18.2 Å². The van der Waals surface area contributed by atoms with Crippen LogP contribution in [0.3, 0.4) is 0 Å². The van der Waals surface area contributed by atoms with Crippen molar-refractivity contribution in [1.29, 1.82) is 0 Å². The highest BCUT2D eigenvalue weighted by molar-refractivity contribution is 7.07. The highest BCUT2D eigenvalue weighted by Crippen LogP contribution is 2.25. The Labute approximate surface area is 218 Å². The first-order chi connectivity index (χ1) is 18.4. The first kappa shape index (κ1) is 24.6. The summed E-state index contributed by atoms with van der Waals surface area (Å²) in [4.78, 5) is 36.5. The maximum atomic E-state index is 12.8. The van der Waals surface area contributed by atoms with Crippen LogP contribution in [0.1, 0.15) is 11.6 Å². The summed E-state index contributed by atoms with van der Waals surface area (Å²) in [7, 11) is 0. The van der Waals surface area contributed by atoms with Crippen molar-refractivity contribution in [3.8, 4) is 16.9 Å². The molecule has 1 amide bonds. The molecule has 0 atom stereocenters. The third-order valence-electron chi connectivity index (χ3n) is 5.67. The lowest BCUT2D eigenvalue weighted by Crippen LogP contribution is -2.33. The van der Waals surface area contributed by atoms with Crippen molar-refractivity contribution >= 4 is 22.9 Å². The summed E-state index contributed by atoms with van der Waals surface area (Å²) in [6.07, 6.45) is 1.52. The van der Waals surface area contributed by atoms with Gasteiger partial charge in [-0.15, -0.1) is 16.4 Å². The molecule has 0 saturated carbocycles. The van der Waals surface area contributed by atoms with Gasteiger partial charge in [0.1, 0.15) is 18.1 Å². The average molecular weight is 532 g/mol. The summed E-state index contributed by atoms with van der Waals surface area (Å²) in [5, 5.41) is 21.4. The van der Waals surface area contributed by atoms with Crippen molar-refractivity contribution in [1.82, 2.24) is 24.3 Å². The number of amides is 1. The predicted molar refractivity (Wildman–Crippen MR) is 138 cm³/mol. The van der Waals surface area contributed by atoms with E-state index in [4.69, 9.17) is 4.42 Å². The molecule has 192 valence electrons. The number of carbonyl (C=O) groups is 1. The van der Waals surface area contributed by atoms with Gasteiger partial charge in [-0.3, -0.25) is 24.0 Å². The maximum Gasteiger partial charge on any atom is 0.346 e. The second-order valence-corrected chi connectivity index (χ2v) is 9.01. The van der Waals surface area contributed by atoms with Crippen LogP contribution in [0.5, 0.6) is 0 Å². The van der Waals surface area contributed by atoms with Gasteiger partial charge in [-0.25, -0.2) is 14.9 Å². The molecule has 0 fully saturated rings. The molecule has 13 heteroatoms. The number of furan rings is 1. The number of carbonyl (C=O) groups excluding carboxylic acids is 1. The van der Waals surface area contributed by atoms with Crippen molar-refractivity contribution in [2.75, 3.05) is 0 Å². The highest BCUT2D eigenvalue weighted by Gasteiger charge is 2.15. The number of hydrogen-bond acceptors (Lipinski definition) is 8. The molecule has 3 heterocycles. The van der Waals surface area contributed by atoms with Crippen LogP contribution >= 0.6 is 11.3 Å². The Morgan fingerprint density at radius 2 is 1.89 bits per heavy atom. The van der Waals surface area contributed by atoms with Crippen molar-refractivity contribution in [2.24, 2.45) is 5.10 Å². The monoisotopic (exact) mass is 531 g/mol. The molecule has 12 nitrogen and oxygen atoms in total. The van der Waals surface area contributed by atoms with Crippen LogP contribution in [0.15, 0.2) is 92.7 Å². The number of nitro benzene ring substituents is 1. The molecule has 5 aromatic rings. The molecule has 0 bridgehead atoms. The molecule has 0 unspecified atom stereocenters. The van der Waals surface area contributed by atoms with E-state index in [1.807, 2.05) is 40.3 Å². The second kappa shape index (κ2) is 10.5. The van der Waals surface area contributed by atoms with E-state index in [0.29, 0.717) is 16.4 Å². The van der Waals surface area contributed by atoms with E-state index in [0.717, 1.165) is 21.6 Å². The molecule has 0 spiro atoms. The van der Waals surface area contributed by atoms with Gasteiger partial charge >= 0.3 is 5.69 Å². The molecule has 1 N–H and O–H groups in total. The predicted octanol–water partition coefficient (Wildman–Crippen LogP) is 3.05. The van der Waals surface area contributed by atoms with Crippen LogP contribution in [0, 0.1) is 17.0 Å². The Bertz CT molecular complexity index is 1710. The van der Waals surface area contributed by atoms with E-state index in [1.54, 1.807) is 31.2 Å². The van der Waals surface area contributed by atoms with Crippen molar-refractivity contribution < 1.29 is 14.1 Å². The van der Waals surface area contributed by atoms with Crippen LogP contribution in [0.25, 0.3) is 16.9 Å². The summed E-state index contributed by atoms with van der Waals surface area (Å²) < 4.78 is 9.63. The molecule has 0 aliphatic heterocycles. The zero-order valence-electron chi connectivity index (χ0n) is 20.1. The summed E-state index contributed by atoms with van der Waals surface area (Å²) >= 11 is 1.29. The number of nitrogens with one attached hydrogen (secondary N) is 1. The summed E-state index contributed by atoms with van der Waals surface area (Å²) in [6, 6.07) is 19.1. The molecule has 5 rings (SSSR count). The zero-order valence-corrected chi connectivity index (χ0v) is 20.9. The van der Waals surface area contributed by atoms with E-state index in [9.17, 15) is 19.7 Å². The summed E-state index contributed by atoms with van der Waals surface area (Å²) in [5.41, 5.74) is 4.33. The SMILES string of the molecule is Cc1nn(CC(=O)NN=c2scc(-c3ccc([N+](=O)[O-])cc3)n2-c2ccccc2)c(=O)n1Cc1ccco1. The van der Waals surface area contributed by atoms with Gasteiger partial charge in [0, 0.05) is 23.2 Å². The van der Waals surface area contributed by atoms with E-state index in [1.165, 1.54) is 34.3 Å².